The number of hydrogen-bond donors (Lipinski definition) is 0. The van der Waals surface area contributed by atoms with Gasteiger partial charge < -0.3 is 14.4 Å². The molecule has 0 bridgehead atoms. The molecule has 0 atom stereocenters. The molecule has 0 fully saturated rings. The molecule has 0 aliphatic carbocycles. The van der Waals surface area contributed by atoms with E-state index in [1.807, 2.05) is 20.8 Å². The average Bonchev–Trinajstić information content (AvgIpc) is 2.52. The fourth-order valence-corrected chi connectivity index (χ4v) is 2.89. The van der Waals surface area contributed by atoms with E-state index < -0.39 is 5.60 Å². The molecule has 1 aliphatic rings. The normalized spacial score (nSPS) is 14.1. The van der Waals surface area contributed by atoms with E-state index in [9.17, 15) is 9.59 Å². The van der Waals surface area contributed by atoms with Crippen LogP contribution in [0.5, 0.6) is 0 Å². The van der Waals surface area contributed by atoms with Crippen LogP contribution in [0.15, 0.2) is 18.2 Å². The third-order valence-electron chi connectivity index (χ3n) is 4.08. The maximum Gasteiger partial charge on any atom is 0.410 e. The van der Waals surface area contributed by atoms with E-state index in [-0.39, 0.29) is 12.1 Å². The molecule has 1 aromatic carbocycles. The molecule has 5 nitrogen and oxygen atoms in total. The molecule has 5 heteroatoms. The maximum absolute atomic E-state index is 12.3. The van der Waals surface area contributed by atoms with E-state index in [0.717, 1.165) is 19.3 Å². The van der Waals surface area contributed by atoms with Crippen LogP contribution in [0.1, 0.15) is 50.3 Å². The SMILES string of the molecule is COC(=O)CCCc1cccc2c1CN(C(=O)OC(C)(C)C)CC2. The van der Waals surface area contributed by atoms with E-state index in [0.29, 0.717) is 19.5 Å². The van der Waals surface area contributed by atoms with Crippen LogP contribution in [0.25, 0.3) is 0 Å². The van der Waals surface area contributed by atoms with Gasteiger partial charge in [0.2, 0.25) is 0 Å². The summed E-state index contributed by atoms with van der Waals surface area (Å²) in [5.41, 5.74) is 3.19. The van der Waals surface area contributed by atoms with Gasteiger partial charge in [-0.25, -0.2) is 4.79 Å². The van der Waals surface area contributed by atoms with Crippen molar-refractivity contribution in [2.75, 3.05) is 13.7 Å². The van der Waals surface area contributed by atoms with Crippen LogP contribution in [-0.4, -0.2) is 36.2 Å². The standard InChI is InChI=1S/C19H27NO4/c1-19(2,3)24-18(22)20-12-11-15-8-5-7-14(16(15)13-20)9-6-10-17(21)23-4/h5,7-8H,6,9-13H2,1-4H3. The number of hydrogen-bond acceptors (Lipinski definition) is 4. The first-order chi connectivity index (χ1) is 11.3. The first-order valence-electron chi connectivity index (χ1n) is 8.44. The summed E-state index contributed by atoms with van der Waals surface area (Å²) < 4.78 is 10.2. The molecule has 0 saturated heterocycles. The van der Waals surface area contributed by atoms with E-state index in [1.165, 1.54) is 23.8 Å². The number of methoxy groups -OCH3 is 1. The average molecular weight is 333 g/mol. The molecule has 2 rings (SSSR count). The molecule has 1 aromatic rings. The van der Waals surface area contributed by atoms with Crippen LogP contribution in [0.2, 0.25) is 0 Å². The van der Waals surface area contributed by atoms with Crippen molar-refractivity contribution >= 4 is 12.1 Å². The van der Waals surface area contributed by atoms with Crippen LogP contribution in [0, 0.1) is 0 Å². The summed E-state index contributed by atoms with van der Waals surface area (Å²) >= 11 is 0. The van der Waals surface area contributed by atoms with Crippen LogP contribution in [-0.2, 0) is 33.7 Å². The number of nitrogens with zero attached hydrogens (tertiary/aromatic N) is 1. The Labute approximate surface area is 143 Å². The number of benzene rings is 1. The van der Waals surface area contributed by atoms with Crippen molar-refractivity contribution in [2.45, 2.75) is 58.6 Å². The number of aryl methyl sites for hydroxylation is 1. The summed E-state index contributed by atoms with van der Waals surface area (Å²) in [5, 5.41) is 0. The van der Waals surface area contributed by atoms with Gasteiger partial charge in [0.15, 0.2) is 0 Å². The quantitative estimate of drug-likeness (QED) is 0.792. The molecule has 0 unspecified atom stereocenters. The molecule has 24 heavy (non-hydrogen) atoms. The second kappa shape index (κ2) is 7.69. The van der Waals surface area contributed by atoms with Crippen molar-refractivity contribution in [3.05, 3.63) is 34.9 Å². The third kappa shape index (κ3) is 4.98. The smallest absolute Gasteiger partial charge is 0.410 e. The Hall–Kier alpha value is -2.04. The van der Waals surface area contributed by atoms with Crippen molar-refractivity contribution < 1.29 is 19.1 Å². The molecule has 0 spiro atoms. The number of carbonyl (C=O) groups excluding carboxylic acids is 2. The van der Waals surface area contributed by atoms with E-state index >= 15 is 0 Å². The zero-order valence-electron chi connectivity index (χ0n) is 15.1. The summed E-state index contributed by atoms with van der Waals surface area (Å²) in [6, 6.07) is 6.25. The first-order valence-corrected chi connectivity index (χ1v) is 8.44. The van der Waals surface area contributed by atoms with Gasteiger partial charge in [0, 0.05) is 19.5 Å². The van der Waals surface area contributed by atoms with Gasteiger partial charge in [-0.05, 0) is 56.7 Å². The predicted molar refractivity (Wildman–Crippen MR) is 91.7 cm³/mol. The van der Waals surface area contributed by atoms with Crippen molar-refractivity contribution in [3.8, 4) is 0 Å². The number of rotatable bonds is 4. The molecule has 1 heterocycles. The summed E-state index contributed by atoms with van der Waals surface area (Å²) in [6.45, 7) is 6.87. The number of fused-ring (bicyclic) bond motifs is 1. The molecule has 0 saturated carbocycles. The highest BCUT2D eigenvalue weighted by Gasteiger charge is 2.26. The van der Waals surface area contributed by atoms with Gasteiger partial charge >= 0.3 is 12.1 Å². The fraction of sp³-hybridized carbons (Fsp3) is 0.579. The Morgan fingerprint density at radius 1 is 1.25 bits per heavy atom. The number of carbonyl (C=O) groups is 2. The van der Waals surface area contributed by atoms with Crippen LogP contribution in [0.4, 0.5) is 4.79 Å². The Morgan fingerprint density at radius 2 is 2.00 bits per heavy atom. The monoisotopic (exact) mass is 333 g/mol. The molecule has 132 valence electrons. The lowest BCUT2D eigenvalue weighted by Gasteiger charge is -2.32. The van der Waals surface area contributed by atoms with Crippen molar-refractivity contribution in [1.82, 2.24) is 4.90 Å². The van der Waals surface area contributed by atoms with Gasteiger partial charge in [-0.1, -0.05) is 18.2 Å². The van der Waals surface area contributed by atoms with Crippen molar-refractivity contribution in [3.63, 3.8) is 0 Å². The molecule has 0 radical (unpaired) electrons. The van der Waals surface area contributed by atoms with Gasteiger partial charge in [0.1, 0.15) is 5.60 Å². The van der Waals surface area contributed by atoms with Gasteiger partial charge in [0.05, 0.1) is 7.11 Å². The lowest BCUT2D eigenvalue weighted by molar-refractivity contribution is -0.140. The van der Waals surface area contributed by atoms with Crippen LogP contribution >= 0.6 is 0 Å². The summed E-state index contributed by atoms with van der Waals surface area (Å²) in [5.74, 6) is -0.185. The summed E-state index contributed by atoms with van der Waals surface area (Å²) in [7, 11) is 1.41. The third-order valence-corrected chi connectivity index (χ3v) is 4.08. The molecular formula is C19H27NO4. The topological polar surface area (TPSA) is 55.8 Å². The van der Waals surface area contributed by atoms with E-state index in [2.05, 4.69) is 22.9 Å². The van der Waals surface area contributed by atoms with Gasteiger partial charge in [0.25, 0.3) is 0 Å². The highest BCUT2D eigenvalue weighted by atomic mass is 16.6. The summed E-state index contributed by atoms with van der Waals surface area (Å²) in [4.78, 5) is 25.4. The minimum absolute atomic E-state index is 0.185. The fourth-order valence-electron chi connectivity index (χ4n) is 2.89. The van der Waals surface area contributed by atoms with Gasteiger partial charge in [-0.15, -0.1) is 0 Å². The Morgan fingerprint density at radius 3 is 2.67 bits per heavy atom. The Balaban J connectivity index is 2.06. The second-order valence-electron chi connectivity index (χ2n) is 7.14. The van der Waals surface area contributed by atoms with Gasteiger partial charge in [-0.3, -0.25) is 4.79 Å². The van der Waals surface area contributed by atoms with Crippen molar-refractivity contribution in [1.29, 1.82) is 0 Å². The van der Waals surface area contributed by atoms with E-state index in [1.54, 1.807) is 4.90 Å². The largest absolute Gasteiger partial charge is 0.469 e. The maximum atomic E-state index is 12.3. The second-order valence-corrected chi connectivity index (χ2v) is 7.14. The number of amides is 1. The van der Waals surface area contributed by atoms with Crippen LogP contribution in [0.3, 0.4) is 0 Å². The summed E-state index contributed by atoms with van der Waals surface area (Å²) in [6.07, 6.45) is 2.53. The molecular weight excluding hydrogens is 306 g/mol. The van der Waals surface area contributed by atoms with Crippen molar-refractivity contribution in [2.24, 2.45) is 0 Å². The predicted octanol–water partition coefficient (Wildman–Crippen LogP) is 3.48. The van der Waals surface area contributed by atoms with E-state index in [4.69, 9.17) is 4.74 Å². The molecule has 0 N–H and O–H groups in total. The first kappa shape index (κ1) is 18.3. The van der Waals surface area contributed by atoms with Crippen LogP contribution < -0.4 is 0 Å². The molecule has 1 aliphatic heterocycles. The number of ether oxygens (including phenoxy) is 2. The lowest BCUT2D eigenvalue weighted by Crippen LogP contribution is -2.40. The Bertz CT molecular complexity index is 604. The zero-order valence-corrected chi connectivity index (χ0v) is 15.1. The lowest BCUT2D eigenvalue weighted by atomic mass is 9.92. The molecule has 1 amide bonds. The zero-order chi connectivity index (χ0) is 17.7. The Kier molecular flexibility index (Phi) is 5.86. The highest BCUT2D eigenvalue weighted by molar-refractivity contribution is 5.69. The number of esters is 1. The highest BCUT2D eigenvalue weighted by Crippen LogP contribution is 2.25. The molecule has 0 aromatic heterocycles. The minimum atomic E-state index is -0.489. The minimum Gasteiger partial charge on any atom is -0.469 e. The van der Waals surface area contributed by atoms with Gasteiger partial charge in [-0.2, -0.15) is 0 Å².